The van der Waals surface area contributed by atoms with Crippen LogP contribution >= 0.6 is 0 Å². The predicted octanol–water partition coefficient (Wildman–Crippen LogP) is 1.55. The van der Waals surface area contributed by atoms with Crippen molar-refractivity contribution in [2.75, 3.05) is 38.1 Å². The van der Waals surface area contributed by atoms with E-state index in [0.717, 1.165) is 26.2 Å². The number of carbonyl (C=O) groups excluding carboxylic acids is 1. The molecule has 1 aromatic rings. The largest absolute Gasteiger partial charge is 0.368 e. The summed E-state index contributed by atoms with van der Waals surface area (Å²) in [6.45, 7) is 4.71. The highest BCUT2D eigenvalue weighted by Crippen LogP contribution is 2.30. The summed E-state index contributed by atoms with van der Waals surface area (Å²) in [5.74, 6) is -0.263. The number of hydrogen-bond donors (Lipinski definition) is 0. The van der Waals surface area contributed by atoms with Gasteiger partial charge in [-0.1, -0.05) is 6.07 Å². The molecule has 2 rings (SSSR count). The van der Waals surface area contributed by atoms with Crippen molar-refractivity contribution in [3.63, 3.8) is 0 Å². The van der Waals surface area contributed by atoms with Gasteiger partial charge in [-0.2, -0.15) is 0 Å². The molecule has 0 radical (unpaired) electrons. The second-order valence-corrected chi connectivity index (χ2v) is 4.77. The average molecular weight is 263 g/mol. The maximum absolute atomic E-state index is 11.8. The molecular weight excluding hydrogens is 246 g/mol. The van der Waals surface area contributed by atoms with Gasteiger partial charge in [0, 0.05) is 32.2 Å². The monoisotopic (exact) mass is 263 g/mol. The number of likely N-dealkylation sites (N-methyl/N-ethyl adjacent to an activating group) is 1. The number of nitro groups is 1. The summed E-state index contributed by atoms with van der Waals surface area (Å²) in [5.41, 5.74) is 0.788. The quantitative estimate of drug-likeness (QED) is 0.470. The van der Waals surface area contributed by atoms with Crippen LogP contribution in [0.15, 0.2) is 18.2 Å². The topological polar surface area (TPSA) is 66.7 Å². The predicted molar refractivity (Wildman–Crippen MR) is 72.8 cm³/mol. The molecule has 0 spiro atoms. The lowest BCUT2D eigenvalue weighted by molar-refractivity contribution is -0.385. The molecule has 0 saturated carbocycles. The third kappa shape index (κ3) is 2.73. The van der Waals surface area contributed by atoms with Gasteiger partial charge in [-0.25, -0.2) is 0 Å². The summed E-state index contributed by atoms with van der Waals surface area (Å²) in [7, 11) is 2.04. The van der Waals surface area contributed by atoms with E-state index in [1.54, 1.807) is 12.1 Å². The van der Waals surface area contributed by atoms with Gasteiger partial charge in [0.05, 0.1) is 10.6 Å². The summed E-state index contributed by atoms with van der Waals surface area (Å²) in [5, 5.41) is 11.0. The zero-order chi connectivity index (χ0) is 14.0. The van der Waals surface area contributed by atoms with Crippen LogP contribution in [0.5, 0.6) is 0 Å². The first-order valence-electron chi connectivity index (χ1n) is 6.22. The van der Waals surface area contributed by atoms with Crippen molar-refractivity contribution in [1.29, 1.82) is 0 Å². The van der Waals surface area contributed by atoms with Crippen LogP contribution in [0.3, 0.4) is 0 Å². The molecule has 0 N–H and O–H groups in total. The van der Waals surface area contributed by atoms with E-state index in [4.69, 9.17) is 0 Å². The Morgan fingerprint density at radius 2 is 1.89 bits per heavy atom. The van der Waals surface area contributed by atoms with E-state index in [-0.39, 0.29) is 17.0 Å². The highest BCUT2D eigenvalue weighted by Gasteiger charge is 2.25. The van der Waals surface area contributed by atoms with Gasteiger partial charge in [-0.3, -0.25) is 14.9 Å². The van der Waals surface area contributed by atoms with E-state index in [9.17, 15) is 14.9 Å². The van der Waals surface area contributed by atoms with E-state index >= 15 is 0 Å². The van der Waals surface area contributed by atoms with E-state index in [0.29, 0.717) is 5.69 Å². The molecule has 0 aliphatic carbocycles. The van der Waals surface area contributed by atoms with Gasteiger partial charge in [0.25, 0.3) is 5.69 Å². The van der Waals surface area contributed by atoms with Gasteiger partial charge in [0.2, 0.25) is 0 Å². The molecule has 102 valence electrons. The molecule has 1 aliphatic heterocycles. The van der Waals surface area contributed by atoms with E-state index in [2.05, 4.69) is 4.90 Å². The van der Waals surface area contributed by atoms with Gasteiger partial charge in [0.15, 0.2) is 5.78 Å². The number of benzene rings is 1. The average Bonchev–Trinajstić information content (AvgIpc) is 2.38. The number of nitro benzene ring substituents is 1. The summed E-state index contributed by atoms with van der Waals surface area (Å²) in [6.07, 6.45) is 0. The van der Waals surface area contributed by atoms with Gasteiger partial charge in [-0.05, 0) is 20.0 Å². The summed E-state index contributed by atoms with van der Waals surface area (Å²) >= 11 is 0. The number of hydrogen-bond acceptors (Lipinski definition) is 5. The van der Waals surface area contributed by atoms with Crippen LogP contribution in [-0.4, -0.2) is 48.8 Å². The Morgan fingerprint density at radius 3 is 2.42 bits per heavy atom. The SMILES string of the molecule is CC(=O)c1c(N2CCN(C)CC2)cccc1[N+](=O)[O-]. The second kappa shape index (κ2) is 5.36. The fraction of sp³-hybridized carbons (Fsp3) is 0.462. The van der Waals surface area contributed by atoms with Crippen molar-refractivity contribution >= 4 is 17.2 Å². The maximum atomic E-state index is 11.8. The van der Waals surface area contributed by atoms with Crippen molar-refractivity contribution in [1.82, 2.24) is 4.90 Å². The van der Waals surface area contributed by atoms with E-state index in [1.807, 2.05) is 11.9 Å². The highest BCUT2D eigenvalue weighted by molar-refractivity contribution is 6.03. The lowest BCUT2D eigenvalue weighted by Gasteiger charge is -2.34. The van der Waals surface area contributed by atoms with Crippen LogP contribution < -0.4 is 4.90 Å². The van der Waals surface area contributed by atoms with Crippen LogP contribution in [0.25, 0.3) is 0 Å². The van der Waals surface area contributed by atoms with Crippen LogP contribution in [0.4, 0.5) is 11.4 Å². The molecule has 1 heterocycles. The van der Waals surface area contributed by atoms with Gasteiger partial charge in [-0.15, -0.1) is 0 Å². The number of nitrogens with zero attached hydrogens (tertiary/aromatic N) is 3. The van der Waals surface area contributed by atoms with Gasteiger partial charge < -0.3 is 9.80 Å². The minimum Gasteiger partial charge on any atom is -0.368 e. The van der Waals surface area contributed by atoms with Crippen LogP contribution in [0.2, 0.25) is 0 Å². The minimum atomic E-state index is -0.490. The Kier molecular flexibility index (Phi) is 3.80. The first-order valence-corrected chi connectivity index (χ1v) is 6.22. The molecule has 6 heteroatoms. The Balaban J connectivity index is 2.42. The zero-order valence-corrected chi connectivity index (χ0v) is 11.1. The summed E-state index contributed by atoms with van der Waals surface area (Å²) < 4.78 is 0. The summed E-state index contributed by atoms with van der Waals surface area (Å²) in [4.78, 5) is 26.5. The molecule has 19 heavy (non-hydrogen) atoms. The molecule has 0 unspecified atom stereocenters. The van der Waals surface area contributed by atoms with Crippen LogP contribution in [0, 0.1) is 10.1 Å². The van der Waals surface area contributed by atoms with Crippen molar-refractivity contribution in [2.45, 2.75) is 6.92 Å². The molecule has 0 bridgehead atoms. The molecule has 0 aromatic heterocycles. The van der Waals surface area contributed by atoms with Crippen LogP contribution in [0.1, 0.15) is 17.3 Å². The Morgan fingerprint density at radius 1 is 1.26 bits per heavy atom. The molecule has 1 fully saturated rings. The number of carbonyl (C=O) groups is 1. The third-order valence-corrected chi connectivity index (χ3v) is 3.41. The van der Waals surface area contributed by atoms with Crippen molar-refractivity contribution in [2.24, 2.45) is 0 Å². The highest BCUT2D eigenvalue weighted by atomic mass is 16.6. The van der Waals surface area contributed by atoms with Gasteiger partial charge in [0.1, 0.15) is 5.56 Å². The molecule has 0 amide bonds. The smallest absolute Gasteiger partial charge is 0.282 e. The van der Waals surface area contributed by atoms with E-state index in [1.165, 1.54) is 13.0 Å². The maximum Gasteiger partial charge on any atom is 0.282 e. The molecule has 1 aliphatic rings. The van der Waals surface area contributed by atoms with E-state index < -0.39 is 4.92 Å². The van der Waals surface area contributed by atoms with Crippen LogP contribution in [-0.2, 0) is 0 Å². The first kappa shape index (κ1) is 13.5. The number of Topliss-reactive ketones (excluding diaryl/α,β-unsaturated/α-hetero) is 1. The number of piperazine rings is 1. The Bertz CT molecular complexity index is 508. The molecular formula is C13H17N3O3. The molecule has 1 aromatic carbocycles. The molecule has 6 nitrogen and oxygen atoms in total. The third-order valence-electron chi connectivity index (χ3n) is 3.41. The first-order chi connectivity index (χ1) is 9.00. The zero-order valence-electron chi connectivity index (χ0n) is 11.1. The fourth-order valence-corrected chi connectivity index (χ4v) is 2.35. The molecule has 1 saturated heterocycles. The Labute approximate surface area is 111 Å². The van der Waals surface area contributed by atoms with Crippen molar-refractivity contribution in [3.05, 3.63) is 33.9 Å². The normalized spacial score (nSPS) is 16.4. The lowest BCUT2D eigenvalue weighted by Crippen LogP contribution is -2.45. The second-order valence-electron chi connectivity index (χ2n) is 4.77. The molecule has 0 atom stereocenters. The lowest BCUT2D eigenvalue weighted by atomic mass is 10.1. The van der Waals surface area contributed by atoms with Gasteiger partial charge >= 0.3 is 0 Å². The minimum absolute atomic E-state index is 0.107. The standard InChI is InChI=1S/C13H17N3O3/c1-10(17)13-11(4-3-5-12(13)16(18)19)15-8-6-14(2)7-9-15/h3-5H,6-9H2,1-2H3. The number of rotatable bonds is 3. The Hall–Kier alpha value is -1.95. The number of ketones is 1. The van der Waals surface area contributed by atoms with Crippen molar-refractivity contribution < 1.29 is 9.72 Å². The fourth-order valence-electron chi connectivity index (χ4n) is 2.35. The van der Waals surface area contributed by atoms with Crippen molar-refractivity contribution in [3.8, 4) is 0 Å². The summed E-state index contributed by atoms with van der Waals surface area (Å²) in [6, 6.07) is 4.81. The number of anilines is 1.